The standard InChI is InChI=1S/C4H7IN2O/c1-4(8)7(2)6-3-5/h3H,1-2H3/b6-3-. The van der Waals surface area contributed by atoms with Crippen LogP contribution in [-0.2, 0) is 4.79 Å². The fraction of sp³-hybridized carbons (Fsp3) is 0.500. The summed E-state index contributed by atoms with van der Waals surface area (Å²) in [5, 5.41) is 4.94. The Bertz CT molecular complexity index is 113. The molecule has 46 valence electrons. The summed E-state index contributed by atoms with van der Waals surface area (Å²) in [7, 11) is 1.61. The monoisotopic (exact) mass is 226 g/mol. The molecule has 0 saturated carbocycles. The summed E-state index contributed by atoms with van der Waals surface area (Å²) in [6, 6.07) is 0. The van der Waals surface area contributed by atoms with Gasteiger partial charge in [-0.3, -0.25) is 4.79 Å². The van der Waals surface area contributed by atoms with Crippen LogP contribution in [0, 0.1) is 0 Å². The molecular formula is C4H7IN2O. The third-order valence-electron chi connectivity index (χ3n) is 0.673. The number of halogens is 1. The summed E-state index contributed by atoms with van der Waals surface area (Å²) in [5.74, 6) is -0.0575. The molecule has 0 aliphatic heterocycles. The Morgan fingerprint density at radius 3 is 2.50 bits per heavy atom. The van der Waals surface area contributed by atoms with Gasteiger partial charge in [-0.2, -0.15) is 5.10 Å². The molecule has 0 unspecified atom stereocenters. The fourth-order valence-electron chi connectivity index (χ4n) is 0.147. The van der Waals surface area contributed by atoms with Gasteiger partial charge in [0.2, 0.25) is 5.91 Å². The van der Waals surface area contributed by atoms with Crippen LogP contribution >= 0.6 is 22.6 Å². The largest absolute Gasteiger partial charge is 0.273 e. The van der Waals surface area contributed by atoms with E-state index in [1.165, 1.54) is 11.9 Å². The Hall–Kier alpha value is -0.130. The molecule has 1 amide bonds. The van der Waals surface area contributed by atoms with Crippen molar-refractivity contribution >= 4 is 32.7 Å². The molecule has 0 N–H and O–H groups in total. The fourth-order valence-corrected chi connectivity index (χ4v) is 0.520. The van der Waals surface area contributed by atoms with Crippen LogP contribution in [0.1, 0.15) is 6.92 Å². The van der Waals surface area contributed by atoms with Crippen LogP contribution in [0.25, 0.3) is 0 Å². The van der Waals surface area contributed by atoms with Crippen molar-refractivity contribution in [3.8, 4) is 0 Å². The predicted octanol–water partition coefficient (Wildman–Crippen LogP) is 0.843. The van der Waals surface area contributed by atoms with Crippen molar-refractivity contribution < 1.29 is 4.79 Å². The average molecular weight is 226 g/mol. The maximum Gasteiger partial charge on any atom is 0.239 e. The highest BCUT2D eigenvalue weighted by molar-refractivity contribution is 14.1. The van der Waals surface area contributed by atoms with E-state index in [1.54, 1.807) is 11.3 Å². The highest BCUT2D eigenvalue weighted by Crippen LogP contribution is 1.83. The molecule has 0 spiro atoms. The SMILES string of the molecule is CC(=O)N(C)/N=C\I. The van der Waals surface area contributed by atoms with Crippen molar-refractivity contribution in [2.75, 3.05) is 7.05 Å². The molecule has 0 bridgehead atoms. The molecule has 0 saturated heterocycles. The van der Waals surface area contributed by atoms with E-state index in [9.17, 15) is 4.79 Å². The van der Waals surface area contributed by atoms with Gasteiger partial charge in [-0.15, -0.1) is 0 Å². The minimum Gasteiger partial charge on any atom is -0.273 e. The normalized spacial score (nSPS) is 9.88. The molecule has 0 aromatic carbocycles. The maximum atomic E-state index is 10.3. The van der Waals surface area contributed by atoms with Crippen molar-refractivity contribution in [3.63, 3.8) is 0 Å². The third kappa shape index (κ3) is 2.95. The van der Waals surface area contributed by atoms with E-state index in [0.29, 0.717) is 0 Å². The molecule has 4 heteroatoms. The van der Waals surface area contributed by atoms with Crippen molar-refractivity contribution in [3.05, 3.63) is 0 Å². The number of nitrogens with zero attached hydrogens (tertiary/aromatic N) is 2. The lowest BCUT2D eigenvalue weighted by molar-refractivity contribution is -0.127. The molecule has 0 aliphatic carbocycles. The van der Waals surface area contributed by atoms with Crippen molar-refractivity contribution in [2.45, 2.75) is 6.92 Å². The van der Waals surface area contributed by atoms with Crippen molar-refractivity contribution in [1.82, 2.24) is 5.01 Å². The second-order valence-electron chi connectivity index (χ2n) is 1.26. The van der Waals surface area contributed by atoms with Gasteiger partial charge in [-0.1, -0.05) is 0 Å². The van der Waals surface area contributed by atoms with Gasteiger partial charge < -0.3 is 0 Å². The van der Waals surface area contributed by atoms with Gasteiger partial charge >= 0.3 is 0 Å². The summed E-state index contributed by atoms with van der Waals surface area (Å²) >= 11 is 1.95. The quantitative estimate of drug-likeness (QED) is 0.370. The molecule has 8 heavy (non-hydrogen) atoms. The number of carbonyl (C=O) groups excluding carboxylic acids is 1. The minimum atomic E-state index is -0.0575. The Labute approximate surface area is 61.9 Å². The summed E-state index contributed by atoms with van der Waals surface area (Å²) in [4.78, 5) is 10.3. The summed E-state index contributed by atoms with van der Waals surface area (Å²) < 4.78 is 1.54. The zero-order valence-corrected chi connectivity index (χ0v) is 6.92. The molecule has 0 radical (unpaired) electrons. The lowest BCUT2D eigenvalue weighted by Crippen LogP contribution is -2.16. The van der Waals surface area contributed by atoms with Crippen LogP contribution in [0.5, 0.6) is 0 Å². The molecule has 0 heterocycles. The number of amides is 1. The average Bonchev–Trinajstić information content (AvgIpc) is 1.67. The zero-order valence-electron chi connectivity index (χ0n) is 4.76. The minimum absolute atomic E-state index is 0.0575. The molecule has 0 aliphatic rings. The molecule has 0 aromatic heterocycles. The Kier molecular flexibility index (Phi) is 3.76. The second-order valence-corrected chi connectivity index (χ2v) is 1.81. The van der Waals surface area contributed by atoms with Gasteiger partial charge in [-0.25, -0.2) is 5.01 Å². The van der Waals surface area contributed by atoms with Crippen LogP contribution in [0.2, 0.25) is 0 Å². The zero-order chi connectivity index (χ0) is 6.57. The van der Waals surface area contributed by atoms with E-state index in [-0.39, 0.29) is 5.91 Å². The molecule has 3 nitrogen and oxygen atoms in total. The Morgan fingerprint density at radius 2 is 2.38 bits per heavy atom. The molecule has 0 atom stereocenters. The summed E-state index contributed by atoms with van der Waals surface area (Å²) in [5.41, 5.74) is 0. The van der Waals surface area contributed by atoms with Crippen LogP contribution < -0.4 is 0 Å². The van der Waals surface area contributed by atoms with Gasteiger partial charge in [0.25, 0.3) is 0 Å². The highest BCUT2D eigenvalue weighted by Gasteiger charge is 1.93. The van der Waals surface area contributed by atoms with E-state index >= 15 is 0 Å². The molecule has 0 fully saturated rings. The van der Waals surface area contributed by atoms with Gasteiger partial charge in [0.15, 0.2) is 0 Å². The number of rotatable bonds is 1. The maximum absolute atomic E-state index is 10.3. The number of carbonyl (C=O) groups is 1. The van der Waals surface area contributed by atoms with Crippen LogP contribution in [0.3, 0.4) is 0 Å². The van der Waals surface area contributed by atoms with E-state index in [0.717, 1.165) is 0 Å². The van der Waals surface area contributed by atoms with E-state index in [1.807, 2.05) is 22.6 Å². The second kappa shape index (κ2) is 3.82. The number of hydrazone groups is 1. The predicted molar refractivity (Wildman–Crippen MR) is 41.0 cm³/mol. The lowest BCUT2D eigenvalue weighted by Gasteiger charge is -2.03. The van der Waals surface area contributed by atoms with Crippen molar-refractivity contribution in [2.24, 2.45) is 5.10 Å². The third-order valence-corrected chi connectivity index (χ3v) is 0.922. The van der Waals surface area contributed by atoms with E-state index in [4.69, 9.17) is 0 Å². The Balaban J connectivity index is 3.64. The molecule has 0 aromatic rings. The van der Waals surface area contributed by atoms with Crippen LogP contribution in [0.15, 0.2) is 5.10 Å². The first-order valence-corrected chi connectivity index (χ1v) is 3.30. The smallest absolute Gasteiger partial charge is 0.239 e. The Morgan fingerprint density at radius 1 is 1.88 bits per heavy atom. The van der Waals surface area contributed by atoms with Gasteiger partial charge in [0.05, 0.1) is 4.22 Å². The topological polar surface area (TPSA) is 32.7 Å². The first-order valence-electron chi connectivity index (χ1n) is 2.05. The van der Waals surface area contributed by atoms with Gasteiger partial charge in [0.1, 0.15) is 0 Å². The summed E-state index contributed by atoms with van der Waals surface area (Å²) in [6.07, 6.45) is 0. The van der Waals surface area contributed by atoms with Crippen LogP contribution in [-0.4, -0.2) is 22.2 Å². The molecule has 0 rings (SSSR count). The highest BCUT2D eigenvalue weighted by atomic mass is 127. The van der Waals surface area contributed by atoms with Gasteiger partial charge in [0, 0.05) is 14.0 Å². The first-order chi connectivity index (χ1) is 3.68. The van der Waals surface area contributed by atoms with Crippen LogP contribution in [0.4, 0.5) is 0 Å². The first kappa shape index (κ1) is 7.87. The van der Waals surface area contributed by atoms with Crippen molar-refractivity contribution in [1.29, 1.82) is 0 Å². The summed E-state index contributed by atoms with van der Waals surface area (Å²) in [6.45, 7) is 1.46. The number of hydrogen-bond donors (Lipinski definition) is 0. The van der Waals surface area contributed by atoms with E-state index < -0.39 is 0 Å². The van der Waals surface area contributed by atoms with Gasteiger partial charge in [-0.05, 0) is 22.6 Å². The molecular weight excluding hydrogens is 219 g/mol. The van der Waals surface area contributed by atoms with E-state index in [2.05, 4.69) is 5.10 Å². The lowest BCUT2D eigenvalue weighted by atomic mass is 10.7. The number of hydrogen-bond acceptors (Lipinski definition) is 2.